The first-order valence-corrected chi connectivity index (χ1v) is 9.93. The first-order chi connectivity index (χ1) is 12.7. The number of hydrogen-bond acceptors (Lipinski definition) is 5. The third-order valence-corrected chi connectivity index (χ3v) is 5.70. The van der Waals surface area contributed by atoms with Crippen LogP contribution in [0.3, 0.4) is 0 Å². The standard InChI is InChI=1S/C19H30BClN2O4/c1-14-4-5-16(17(21)10-14)6-9-23-12-15(13-23)11-19(22,18(24)25)7-2-3-8-20(26)27/h4-5,10,15,26-27H,2-3,6-9,11-13,22H2,1H3,(H,24,25). The van der Waals surface area contributed by atoms with E-state index >= 15 is 0 Å². The van der Waals surface area contributed by atoms with Gasteiger partial charge in [0, 0.05) is 24.7 Å². The number of carbonyl (C=O) groups is 1. The molecule has 0 aromatic heterocycles. The summed E-state index contributed by atoms with van der Waals surface area (Å²) in [6.07, 6.45) is 3.05. The minimum atomic E-state index is -1.34. The lowest BCUT2D eigenvalue weighted by atomic mass is 9.78. The number of likely N-dealkylation sites (tertiary alicyclic amines) is 1. The van der Waals surface area contributed by atoms with E-state index in [1.165, 1.54) is 0 Å². The van der Waals surface area contributed by atoms with Crippen LogP contribution in [0.5, 0.6) is 0 Å². The molecule has 1 aliphatic heterocycles. The Bertz CT molecular complexity index is 640. The topological polar surface area (TPSA) is 107 Å². The fraction of sp³-hybridized carbons (Fsp3) is 0.632. The highest BCUT2D eigenvalue weighted by atomic mass is 35.5. The van der Waals surface area contributed by atoms with Gasteiger partial charge in [-0.25, -0.2) is 0 Å². The molecule has 0 bridgehead atoms. The number of carboxylic acid groups (broad SMARTS) is 1. The lowest BCUT2D eigenvalue weighted by Gasteiger charge is -2.42. The molecule has 27 heavy (non-hydrogen) atoms. The van der Waals surface area contributed by atoms with Crippen molar-refractivity contribution in [2.45, 2.75) is 50.9 Å². The van der Waals surface area contributed by atoms with Crippen LogP contribution in [0.15, 0.2) is 18.2 Å². The van der Waals surface area contributed by atoms with E-state index in [1.807, 2.05) is 13.0 Å². The molecule has 1 atom stereocenters. The Hall–Kier alpha value is -1.12. The molecule has 1 aromatic carbocycles. The molecule has 0 aliphatic carbocycles. The third-order valence-electron chi connectivity index (χ3n) is 5.35. The molecule has 1 aliphatic rings. The van der Waals surface area contributed by atoms with E-state index in [4.69, 9.17) is 27.4 Å². The van der Waals surface area contributed by atoms with Gasteiger partial charge in [0.05, 0.1) is 0 Å². The molecule has 0 spiro atoms. The van der Waals surface area contributed by atoms with Crippen molar-refractivity contribution < 1.29 is 19.9 Å². The Kier molecular flexibility index (Phi) is 8.12. The van der Waals surface area contributed by atoms with Crippen molar-refractivity contribution in [3.05, 3.63) is 34.3 Å². The number of aliphatic carboxylic acids is 1. The summed E-state index contributed by atoms with van der Waals surface area (Å²) in [6, 6.07) is 6.10. The first kappa shape index (κ1) is 22.2. The van der Waals surface area contributed by atoms with Crippen molar-refractivity contribution in [3.63, 3.8) is 0 Å². The number of benzene rings is 1. The zero-order valence-electron chi connectivity index (χ0n) is 15.9. The first-order valence-electron chi connectivity index (χ1n) is 9.55. The number of unbranched alkanes of at least 4 members (excludes halogenated alkanes) is 1. The van der Waals surface area contributed by atoms with Gasteiger partial charge in [-0.1, -0.05) is 36.6 Å². The van der Waals surface area contributed by atoms with E-state index in [1.54, 1.807) is 0 Å². The van der Waals surface area contributed by atoms with E-state index in [9.17, 15) is 9.90 Å². The minimum absolute atomic E-state index is 0.245. The molecule has 150 valence electrons. The smallest absolute Gasteiger partial charge is 0.451 e. The molecular formula is C19H30BClN2O4. The van der Waals surface area contributed by atoms with Gasteiger partial charge in [-0.15, -0.1) is 0 Å². The molecule has 1 fully saturated rings. The van der Waals surface area contributed by atoms with Crippen LogP contribution in [0, 0.1) is 12.8 Å². The third kappa shape index (κ3) is 6.77. The average Bonchev–Trinajstić information content (AvgIpc) is 2.54. The zero-order chi connectivity index (χ0) is 20.0. The summed E-state index contributed by atoms with van der Waals surface area (Å²) in [5.74, 6) is -0.694. The number of carboxylic acids is 1. The highest BCUT2D eigenvalue weighted by molar-refractivity contribution is 6.40. The molecule has 1 aromatic rings. The summed E-state index contributed by atoms with van der Waals surface area (Å²) in [4.78, 5) is 13.9. The number of aryl methyl sites for hydroxylation is 1. The van der Waals surface area contributed by atoms with Crippen molar-refractivity contribution in [2.75, 3.05) is 19.6 Å². The van der Waals surface area contributed by atoms with Gasteiger partial charge in [0.1, 0.15) is 5.54 Å². The second-order valence-electron chi connectivity index (χ2n) is 7.86. The molecule has 2 rings (SSSR count). The van der Waals surface area contributed by atoms with Crippen molar-refractivity contribution in [1.82, 2.24) is 4.90 Å². The molecule has 1 saturated heterocycles. The summed E-state index contributed by atoms with van der Waals surface area (Å²) in [5, 5.41) is 28.1. The number of nitrogens with two attached hydrogens (primary N) is 1. The molecule has 1 heterocycles. The lowest BCUT2D eigenvalue weighted by Crippen LogP contribution is -2.56. The minimum Gasteiger partial charge on any atom is -0.480 e. The van der Waals surface area contributed by atoms with Gasteiger partial charge in [0.25, 0.3) is 0 Å². The number of rotatable bonds is 11. The number of halogens is 1. The maximum absolute atomic E-state index is 11.6. The maximum Gasteiger partial charge on any atom is 0.451 e. The number of hydrogen-bond donors (Lipinski definition) is 4. The molecule has 5 N–H and O–H groups in total. The molecule has 6 nitrogen and oxygen atoms in total. The fourth-order valence-corrected chi connectivity index (χ4v) is 4.03. The van der Waals surface area contributed by atoms with Gasteiger partial charge in [-0.2, -0.15) is 0 Å². The van der Waals surface area contributed by atoms with E-state index in [-0.39, 0.29) is 12.2 Å². The predicted octanol–water partition coefficient (Wildman–Crippen LogP) is 1.94. The zero-order valence-corrected chi connectivity index (χ0v) is 16.7. The van der Waals surface area contributed by atoms with Crippen molar-refractivity contribution in [1.29, 1.82) is 0 Å². The quantitative estimate of drug-likeness (QED) is 0.336. The average molecular weight is 397 g/mol. The van der Waals surface area contributed by atoms with Crippen molar-refractivity contribution in [3.8, 4) is 0 Å². The second kappa shape index (κ2) is 9.89. The molecule has 8 heteroatoms. The summed E-state index contributed by atoms with van der Waals surface area (Å²) >= 11 is 6.27. The van der Waals surface area contributed by atoms with Crippen LogP contribution in [0.25, 0.3) is 0 Å². The van der Waals surface area contributed by atoms with Crippen molar-refractivity contribution in [2.24, 2.45) is 11.7 Å². The SMILES string of the molecule is Cc1ccc(CCN2CC(CC(N)(CCCCB(O)O)C(=O)O)C2)c(Cl)c1. The van der Waals surface area contributed by atoms with Crippen LogP contribution in [-0.2, 0) is 11.2 Å². The lowest BCUT2D eigenvalue weighted by molar-refractivity contribution is -0.145. The van der Waals surface area contributed by atoms with Crippen LogP contribution in [0.2, 0.25) is 11.3 Å². The van der Waals surface area contributed by atoms with Gasteiger partial charge in [-0.05, 0) is 55.6 Å². The summed E-state index contributed by atoms with van der Waals surface area (Å²) in [5.41, 5.74) is 7.20. The van der Waals surface area contributed by atoms with Crippen LogP contribution in [0.1, 0.15) is 36.8 Å². The summed E-state index contributed by atoms with van der Waals surface area (Å²) < 4.78 is 0. The Morgan fingerprint density at radius 3 is 2.67 bits per heavy atom. The van der Waals surface area contributed by atoms with E-state index in [2.05, 4.69) is 17.0 Å². The monoisotopic (exact) mass is 396 g/mol. The van der Waals surface area contributed by atoms with Crippen LogP contribution >= 0.6 is 11.6 Å². The van der Waals surface area contributed by atoms with E-state index in [0.717, 1.165) is 42.2 Å². The van der Waals surface area contributed by atoms with E-state index < -0.39 is 18.6 Å². The Balaban J connectivity index is 1.74. The van der Waals surface area contributed by atoms with Gasteiger partial charge in [0.2, 0.25) is 0 Å². The Morgan fingerprint density at radius 2 is 2.07 bits per heavy atom. The molecule has 0 radical (unpaired) electrons. The van der Waals surface area contributed by atoms with Crippen molar-refractivity contribution >= 4 is 24.7 Å². The highest BCUT2D eigenvalue weighted by Gasteiger charge is 2.39. The maximum atomic E-state index is 11.6. The normalized spacial score (nSPS) is 17.4. The molecule has 1 unspecified atom stereocenters. The number of nitrogens with zero attached hydrogens (tertiary/aromatic N) is 1. The van der Waals surface area contributed by atoms with Gasteiger partial charge in [0.15, 0.2) is 0 Å². The summed E-state index contributed by atoms with van der Waals surface area (Å²) in [6.45, 7) is 4.62. The summed E-state index contributed by atoms with van der Waals surface area (Å²) in [7, 11) is -1.34. The molecule has 0 amide bonds. The molecular weight excluding hydrogens is 366 g/mol. The van der Waals surface area contributed by atoms with Gasteiger partial charge in [-0.3, -0.25) is 4.79 Å². The largest absolute Gasteiger partial charge is 0.480 e. The van der Waals surface area contributed by atoms with Crippen LogP contribution < -0.4 is 5.73 Å². The fourth-order valence-electron chi connectivity index (χ4n) is 3.70. The Labute approximate surface area is 166 Å². The molecule has 0 saturated carbocycles. The van der Waals surface area contributed by atoms with Crippen LogP contribution in [0.4, 0.5) is 0 Å². The highest BCUT2D eigenvalue weighted by Crippen LogP contribution is 2.29. The van der Waals surface area contributed by atoms with Gasteiger partial charge < -0.3 is 25.8 Å². The predicted molar refractivity (Wildman–Crippen MR) is 108 cm³/mol. The second-order valence-corrected chi connectivity index (χ2v) is 8.27. The Morgan fingerprint density at radius 1 is 1.37 bits per heavy atom. The van der Waals surface area contributed by atoms with E-state index in [0.29, 0.717) is 25.7 Å². The van der Waals surface area contributed by atoms with Crippen LogP contribution in [-0.4, -0.2) is 58.3 Å². The van der Waals surface area contributed by atoms with Gasteiger partial charge >= 0.3 is 13.1 Å².